The van der Waals surface area contributed by atoms with Crippen LogP contribution in [0.3, 0.4) is 0 Å². The molecular formula is C18H25N3O2S. The van der Waals surface area contributed by atoms with Crippen LogP contribution in [0.1, 0.15) is 50.0 Å². The van der Waals surface area contributed by atoms with E-state index in [0.717, 1.165) is 16.7 Å². The summed E-state index contributed by atoms with van der Waals surface area (Å²) in [5.74, 6) is 2.76. The number of para-hydroxylation sites is 1. The second kappa shape index (κ2) is 7.57. The molecule has 0 bridgehead atoms. The third-order valence-corrected chi connectivity index (χ3v) is 5.21. The average Bonchev–Trinajstić information content (AvgIpc) is 3.34. The molecule has 1 aromatic carbocycles. The van der Waals surface area contributed by atoms with Gasteiger partial charge < -0.3 is 14.4 Å². The first kappa shape index (κ1) is 17.3. The SMILES string of the molecule is Cc1nnc(SCC(O)COc2ccccc2C(C)C)n1C1CC1. The number of rotatable bonds is 8. The van der Waals surface area contributed by atoms with E-state index in [9.17, 15) is 5.11 Å². The highest BCUT2D eigenvalue weighted by Gasteiger charge is 2.28. The zero-order valence-corrected chi connectivity index (χ0v) is 15.3. The summed E-state index contributed by atoms with van der Waals surface area (Å²) < 4.78 is 8.02. The van der Waals surface area contributed by atoms with Gasteiger partial charge in [0.1, 0.15) is 18.2 Å². The molecule has 0 saturated heterocycles. The number of aliphatic hydroxyl groups is 1. The molecule has 0 radical (unpaired) electrons. The van der Waals surface area contributed by atoms with E-state index >= 15 is 0 Å². The van der Waals surface area contributed by atoms with Crippen molar-refractivity contribution in [1.29, 1.82) is 0 Å². The van der Waals surface area contributed by atoms with Crippen LogP contribution in [0, 0.1) is 6.92 Å². The van der Waals surface area contributed by atoms with E-state index in [1.807, 2.05) is 25.1 Å². The van der Waals surface area contributed by atoms with Gasteiger partial charge in [-0.2, -0.15) is 0 Å². The molecular weight excluding hydrogens is 322 g/mol. The Hall–Kier alpha value is -1.53. The molecule has 130 valence electrons. The minimum absolute atomic E-state index is 0.285. The van der Waals surface area contributed by atoms with Gasteiger partial charge in [0.2, 0.25) is 0 Å². The van der Waals surface area contributed by atoms with Gasteiger partial charge in [0, 0.05) is 11.8 Å². The monoisotopic (exact) mass is 347 g/mol. The van der Waals surface area contributed by atoms with Crippen molar-refractivity contribution in [2.24, 2.45) is 0 Å². The van der Waals surface area contributed by atoms with Crippen molar-refractivity contribution < 1.29 is 9.84 Å². The molecule has 2 aromatic rings. The summed E-state index contributed by atoms with van der Waals surface area (Å²) in [7, 11) is 0. The second-order valence-electron chi connectivity index (χ2n) is 6.60. The smallest absolute Gasteiger partial charge is 0.191 e. The van der Waals surface area contributed by atoms with Gasteiger partial charge in [-0.1, -0.05) is 43.8 Å². The van der Waals surface area contributed by atoms with Crippen LogP contribution >= 0.6 is 11.8 Å². The minimum atomic E-state index is -0.542. The van der Waals surface area contributed by atoms with E-state index in [2.05, 4.69) is 34.7 Å². The van der Waals surface area contributed by atoms with Gasteiger partial charge in [-0.05, 0) is 37.3 Å². The van der Waals surface area contributed by atoms with Gasteiger partial charge in [0.05, 0.1) is 6.10 Å². The quantitative estimate of drug-likeness (QED) is 0.740. The van der Waals surface area contributed by atoms with E-state index in [0.29, 0.717) is 17.7 Å². The van der Waals surface area contributed by atoms with Crippen LogP contribution in [0.5, 0.6) is 5.75 Å². The number of benzene rings is 1. The summed E-state index contributed by atoms with van der Waals surface area (Å²) in [5.41, 5.74) is 1.17. The summed E-state index contributed by atoms with van der Waals surface area (Å²) in [6.07, 6.45) is 1.86. The van der Waals surface area contributed by atoms with Crippen LogP contribution in [-0.2, 0) is 0 Å². The van der Waals surface area contributed by atoms with E-state index in [1.54, 1.807) is 11.8 Å². The molecule has 1 aliphatic carbocycles. The lowest BCUT2D eigenvalue weighted by Crippen LogP contribution is -2.21. The Morgan fingerprint density at radius 2 is 2.04 bits per heavy atom. The lowest BCUT2D eigenvalue weighted by molar-refractivity contribution is 0.125. The van der Waals surface area contributed by atoms with Crippen LogP contribution in [-0.4, -0.2) is 38.3 Å². The zero-order valence-electron chi connectivity index (χ0n) is 14.5. The molecule has 6 heteroatoms. The number of ether oxygens (including phenoxy) is 1. The normalized spacial score (nSPS) is 15.7. The van der Waals surface area contributed by atoms with Gasteiger partial charge in [0.25, 0.3) is 0 Å². The molecule has 1 aliphatic rings. The third kappa shape index (κ3) is 4.11. The average molecular weight is 347 g/mol. The molecule has 1 aromatic heterocycles. The predicted octanol–water partition coefficient (Wildman–Crippen LogP) is 3.58. The number of thioether (sulfide) groups is 1. The molecule has 1 saturated carbocycles. The van der Waals surface area contributed by atoms with E-state index in [1.165, 1.54) is 18.4 Å². The van der Waals surface area contributed by atoms with Crippen molar-refractivity contribution in [2.75, 3.05) is 12.4 Å². The summed E-state index contributed by atoms with van der Waals surface area (Å²) in [4.78, 5) is 0. The maximum atomic E-state index is 10.2. The number of nitrogens with zero attached hydrogens (tertiary/aromatic N) is 3. The molecule has 5 nitrogen and oxygen atoms in total. The molecule has 1 atom stereocenters. The fourth-order valence-electron chi connectivity index (χ4n) is 2.70. The highest BCUT2D eigenvalue weighted by atomic mass is 32.2. The first-order valence-corrected chi connectivity index (χ1v) is 9.49. The maximum Gasteiger partial charge on any atom is 0.191 e. The first-order valence-electron chi connectivity index (χ1n) is 8.50. The molecule has 1 N–H and O–H groups in total. The summed E-state index contributed by atoms with van der Waals surface area (Å²) in [5, 5.41) is 19.5. The van der Waals surface area contributed by atoms with Crippen LogP contribution in [0.2, 0.25) is 0 Å². The van der Waals surface area contributed by atoms with Gasteiger partial charge in [-0.15, -0.1) is 10.2 Å². The molecule has 0 amide bonds. The molecule has 1 unspecified atom stereocenters. The highest BCUT2D eigenvalue weighted by Crippen LogP contribution is 2.38. The fraction of sp³-hybridized carbons (Fsp3) is 0.556. The largest absolute Gasteiger partial charge is 0.491 e. The zero-order chi connectivity index (χ0) is 17.1. The second-order valence-corrected chi connectivity index (χ2v) is 7.59. The van der Waals surface area contributed by atoms with E-state index in [4.69, 9.17) is 4.74 Å². The number of aryl methyl sites for hydroxylation is 1. The number of hydrogen-bond acceptors (Lipinski definition) is 5. The Morgan fingerprint density at radius 1 is 1.29 bits per heavy atom. The topological polar surface area (TPSA) is 60.2 Å². The minimum Gasteiger partial charge on any atom is -0.491 e. The lowest BCUT2D eigenvalue weighted by atomic mass is 10.0. The maximum absolute atomic E-state index is 10.2. The van der Waals surface area contributed by atoms with Crippen molar-refractivity contribution in [3.8, 4) is 5.75 Å². The molecule has 1 heterocycles. The summed E-state index contributed by atoms with van der Waals surface area (Å²) >= 11 is 1.55. The van der Waals surface area contributed by atoms with Crippen molar-refractivity contribution in [3.05, 3.63) is 35.7 Å². The van der Waals surface area contributed by atoms with Gasteiger partial charge in [-0.25, -0.2) is 0 Å². The van der Waals surface area contributed by atoms with Gasteiger partial charge >= 0.3 is 0 Å². The Kier molecular flexibility index (Phi) is 5.46. The number of hydrogen-bond donors (Lipinski definition) is 1. The molecule has 24 heavy (non-hydrogen) atoms. The molecule has 3 rings (SSSR count). The first-order chi connectivity index (χ1) is 11.6. The molecule has 0 aliphatic heterocycles. The van der Waals surface area contributed by atoms with E-state index < -0.39 is 6.10 Å². The Morgan fingerprint density at radius 3 is 2.75 bits per heavy atom. The standard InChI is InChI=1S/C18H25N3O2S/c1-12(2)16-6-4-5-7-17(16)23-10-15(22)11-24-18-20-19-13(3)21(18)14-8-9-14/h4-7,12,14-15,22H,8-11H2,1-3H3. The van der Waals surface area contributed by atoms with Crippen molar-refractivity contribution in [1.82, 2.24) is 14.8 Å². The van der Waals surface area contributed by atoms with Crippen molar-refractivity contribution in [2.45, 2.75) is 56.8 Å². The lowest BCUT2D eigenvalue weighted by Gasteiger charge is -2.16. The van der Waals surface area contributed by atoms with Crippen LogP contribution in [0.25, 0.3) is 0 Å². The Bertz CT molecular complexity index is 683. The number of aromatic nitrogens is 3. The number of aliphatic hydroxyl groups excluding tert-OH is 1. The van der Waals surface area contributed by atoms with Crippen LogP contribution in [0.4, 0.5) is 0 Å². The Balaban J connectivity index is 1.52. The summed E-state index contributed by atoms with van der Waals surface area (Å²) in [6, 6.07) is 8.56. The van der Waals surface area contributed by atoms with E-state index in [-0.39, 0.29) is 6.61 Å². The Labute approximate surface area is 147 Å². The van der Waals surface area contributed by atoms with Gasteiger partial charge in [0.15, 0.2) is 5.16 Å². The predicted molar refractivity (Wildman–Crippen MR) is 95.8 cm³/mol. The fourth-order valence-corrected chi connectivity index (χ4v) is 3.65. The highest BCUT2D eigenvalue weighted by molar-refractivity contribution is 7.99. The third-order valence-electron chi connectivity index (χ3n) is 4.12. The molecule has 0 spiro atoms. The van der Waals surface area contributed by atoms with Crippen molar-refractivity contribution in [3.63, 3.8) is 0 Å². The summed E-state index contributed by atoms with van der Waals surface area (Å²) in [6.45, 7) is 6.55. The van der Waals surface area contributed by atoms with Crippen LogP contribution in [0.15, 0.2) is 29.4 Å². The van der Waals surface area contributed by atoms with Crippen LogP contribution < -0.4 is 4.74 Å². The van der Waals surface area contributed by atoms with Crippen molar-refractivity contribution >= 4 is 11.8 Å². The molecule has 1 fully saturated rings. The van der Waals surface area contributed by atoms with Gasteiger partial charge in [-0.3, -0.25) is 0 Å².